The number of nitrogens with two attached hydrogens (primary N) is 3. The van der Waals surface area contributed by atoms with Gasteiger partial charge in [-0.15, -0.1) is 0 Å². The van der Waals surface area contributed by atoms with Crippen molar-refractivity contribution in [1.29, 1.82) is 0 Å². The highest BCUT2D eigenvalue weighted by atomic mass is 16.5. The molecular formula is C27H38N6O4. The van der Waals surface area contributed by atoms with Crippen molar-refractivity contribution in [3.05, 3.63) is 65.2 Å². The maximum atomic E-state index is 13.1. The SMILES string of the molecule is NCCN(CCN)C(=O)CC(N)C(=O)NC(CCc1ccccc1)C(=O)NCc1ccc2c(c1)CCO2. The number of amides is 3. The minimum atomic E-state index is -1.10. The summed E-state index contributed by atoms with van der Waals surface area (Å²) in [4.78, 5) is 40.1. The maximum absolute atomic E-state index is 13.1. The minimum Gasteiger partial charge on any atom is -0.493 e. The molecule has 2 atom stereocenters. The Morgan fingerprint density at radius 1 is 0.973 bits per heavy atom. The highest BCUT2D eigenvalue weighted by Gasteiger charge is 2.26. The lowest BCUT2D eigenvalue weighted by Gasteiger charge is -2.24. The lowest BCUT2D eigenvalue weighted by molar-refractivity contribution is -0.135. The lowest BCUT2D eigenvalue weighted by atomic mass is 10.0. The second kappa shape index (κ2) is 14.3. The molecular weight excluding hydrogens is 472 g/mol. The molecule has 0 fully saturated rings. The molecule has 37 heavy (non-hydrogen) atoms. The zero-order valence-corrected chi connectivity index (χ0v) is 21.2. The molecule has 0 aliphatic carbocycles. The third-order valence-electron chi connectivity index (χ3n) is 6.30. The van der Waals surface area contributed by atoms with Gasteiger partial charge in [0.1, 0.15) is 11.8 Å². The summed E-state index contributed by atoms with van der Waals surface area (Å²) in [5, 5.41) is 5.68. The smallest absolute Gasteiger partial charge is 0.242 e. The molecule has 2 aromatic rings. The van der Waals surface area contributed by atoms with Gasteiger partial charge in [0.2, 0.25) is 17.7 Å². The molecule has 0 saturated heterocycles. The number of carbonyl (C=O) groups excluding carboxylic acids is 3. The van der Waals surface area contributed by atoms with Crippen molar-refractivity contribution in [3.63, 3.8) is 0 Å². The van der Waals surface area contributed by atoms with E-state index in [1.54, 1.807) is 0 Å². The third-order valence-corrected chi connectivity index (χ3v) is 6.30. The molecule has 1 aliphatic heterocycles. The number of hydrogen-bond acceptors (Lipinski definition) is 7. The van der Waals surface area contributed by atoms with Crippen LogP contribution >= 0.6 is 0 Å². The summed E-state index contributed by atoms with van der Waals surface area (Å²) < 4.78 is 5.54. The quantitative estimate of drug-likeness (QED) is 0.235. The number of aryl methyl sites for hydroxylation is 1. The normalized spacial score (nSPS) is 13.7. The van der Waals surface area contributed by atoms with Crippen LogP contribution in [0.15, 0.2) is 48.5 Å². The number of ether oxygens (including phenoxy) is 1. The van der Waals surface area contributed by atoms with E-state index >= 15 is 0 Å². The van der Waals surface area contributed by atoms with E-state index in [0.717, 1.165) is 28.9 Å². The van der Waals surface area contributed by atoms with Gasteiger partial charge in [-0.2, -0.15) is 0 Å². The summed E-state index contributed by atoms with van der Waals surface area (Å²) in [5.74, 6) is -0.295. The van der Waals surface area contributed by atoms with E-state index in [1.807, 2.05) is 48.5 Å². The average molecular weight is 511 g/mol. The zero-order chi connectivity index (χ0) is 26.6. The molecule has 3 amide bonds. The Morgan fingerprint density at radius 2 is 1.70 bits per heavy atom. The number of nitrogens with one attached hydrogen (secondary N) is 2. The van der Waals surface area contributed by atoms with Crippen molar-refractivity contribution >= 4 is 17.7 Å². The summed E-state index contributed by atoms with van der Waals surface area (Å²) in [6.07, 6.45) is 1.62. The third kappa shape index (κ3) is 8.56. The molecule has 8 N–H and O–H groups in total. The van der Waals surface area contributed by atoms with Gasteiger partial charge in [-0.25, -0.2) is 0 Å². The monoisotopic (exact) mass is 510 g/mol. The van der Waals surface area contributed by atoms with Crippen molar-refractivity contribution < 1.29 is 19.1 Å². The van der Waals surface area contributed by atoms with Crippen LogP contribution in [0.1, 0.15) is 29.5 Å². The molecule has 0 radical (unpaired) electrons. The predicted octanol–water partition coefficient (Wildman–Crippen LogP) is -0.181. The fraction of sp³-hybridized carbons (Fsp3) is 0.444. The summed E-state index contributed by atoms with van der Waals surface area (Å²) in [7, 11) is 0. The van der Waals surface area contributed by atoms with Crippen LogP contribution in [-0.2, 0) is 33.8 Å². The first kappa shape index (κ1) is 28.1. The maximum Gasteiger partial charge on any atom is 0.242 e. The van der Waals surface area contributed by atoms with Gasteiger partial charge in [0.15, 0.2) is 0 Å². The second-order valence-electron chi connectivity index (χ2n) is 9.11. The predicted molar refractivity (Wildman–Crippen MR) is 141 cm³/mol. The lowest BCUT2D eigenvalue weighted by Crippen LogP contribution is -2.53. The van der Waals surface area contributed by atoms with E-state index < -0.39 is 18.0 Å². The number of benzene rings is 2. The first-order valence-electron chi connectivity index (χ1n) is 12.7. The number of nitrogens with zero attached hydrogens (tertiary/aromatic N) is 1. The molecule has 0 saturated carbocycles. The van der Waals surface area contributed by atoms with Gasteiger partial charge in [-0.1, -0.05) is 42.5 Å². The Morgan fingerprint density at radius 3 is 2.41 bits per heavy atom. The van der Waals surface area contributed by atoms with E-state index in [-0.39, 0.29) is 31.3 Å². The van der Waals surface area contributed by atoms with Gasteiger partial charge >= 0.3 is 0 Å². The number of rotatable bonds is 14. The van der Waals surface area contributed by atoms with E-state index in [9.17, 15) is 14.4 Å². The van der Waals surface area contributed by atoms with Crippen LogP contribution in [-0.4, -0.2) is 67.5 Å². The fourth-order valence-electron chi connectivity index (χ4n) is 4.25. The second-order valence-corrected chi connectivity index (χ2v) is 9.11. The van der Waals surface area contributed by atoms with Gasteiger partial charge < -0.3 is 37.5 Å². The van der Waals surface area contributed by atoms with Crippen LogP contribution in [0.5, 0.6) is 5.75 Å². The molecule has 0 aromatic heterocycles. The molecule has 10 nitrogen and oxygen atoms in total. The highest BCUT2D eigenvalue weighted by molar-refractivity contribution is 5.92. The molecule has 200 valence electrons. The van der Waals surface area contributed by atoms with Crippen molar-refractivity contribution in [1.82, 2.24) is 15.5 Å². The van der Waals surface area contributed by atoms with Gasteiger partial charge in [-0.05, 0) is 35.6 Å². The molecule has 0 spiro atoms. The number of fused-ring (bicyclic) bond motifs is 1. The summed E-state index contributed by atoms with van der Waals surface area (Å²) >= 11 is 0. The largest absolute Gasteiger partial charge is 0.493 e. The molecule has 0 bridgehead atoms. The van der Waals surface area contributed by atoms with E-state index in [2.05, 4.69) is 10.6 Å². The topological polar surface area (TPSA) is 166 Å². The van der Waals surface area contributed by atoms with Gasteiger partial charge in [0.25, 0.3) is 0 Å². The van der Waals surface area contributed by atoms with E-state index in [1.165, 1.54) is 4.90 Å². The molecule has 2 aromatic carbocycles. The number of hydrogen-bond donors (Lipinski definition) is 5. The van der Waals surface area contributed by atoms with Crippen LogP contribution in [0.2, 0.25) is 0 Å². The van der Waals surface area contributed by atoms with Crippen molar-refractivity contribution in [2.45, 2.75) is 44.3 Å². The zero-order valence-electron chi connectivity index (χ0n) is 21.2. The van der Waals surface area contributed by atoms with Crippen LogP contribution in [0.3, 0.4) is 0 Å². The Bertz CT molecular complexity index is 1040. The summed E-state index contributed by atoms with van der Waals surface area (Å²) in [6, 6.07) is 13.7. The molecule has 3 rings (SSSR count). The Hall–Kier alpha value is -3.47. The van der Waals surface area contributed by atoms with Gasteiger partial charge in [0.05, 0.1) is 19.1 Å². The Balaban J connectivity index is 1.62. The van der Waals surface area contributed by atoms with Crippen LogP contribution in [0, 0.1) is 0 Å². The van der Waals surface area contributed by atoms with Crippen molar-refractivity contribution in [2.75, 3.05) is 32.8 Å². The summed E-state index contributed by atoms with van der Waals surface area (Å²) in [6.45, 7) is 2.22. The Kier molecular flexibility index (Phi) is 10.9. The first-order valence-corrected chi connectivity index (χ1v) is 12.7. The van der Waals surface area contributed by atoms with E-state index in [0.29, 0.717) is 39.1 Å². The number of carbonyl (C=O) groups is 3. The Labute approximate surface area is 217 Å². The molecule has 2 unspecified atom stereocenters. The van der Waals surface area contributed by atoms with Crippen LogP contribution in [0.4, 0.5) is 0 Å². The molecule has 1 aliphatic rings. The molecule has 10 heteroatoms. The molecule has 1 heterocycles. The first-order chi connectivity index (χ1) is 17.9. The van der Waals surface area contributed by atoms with Crippen LogP contribution in [0.25, 0.3) is 0 Å². The fourth-order valence-corrected chi connectivity index (χ4v) is 4.25. The minimum absolute atomic E-state index is 0.198. The van der Waals surface area contributed by atoms with E-state index in [4.69, 9.17) is 21.9 Å². The van der Waals surface area contributed by atoms with Crippen LogP contribution < -0.4 is 32.6 Å². The van der Waals surface area contributed by atoms with Crippen molar-refractivity contribution in [3.8, 4) is 5.75 Å². The standard InChI is InChI=1S/C27H38N6O4/c28-11-13-33(14-12-29)25(34)17-22(30)26(35)32-23(8-6-19-4-2-1-3-5-19)27(36)31-18-20-7-9-24-21(16-20)10-15-37-24/h1-5,7,9,16,22-23H,6,8,10-15,17-18,28-30H2,(H,31,36)(H,32,35). The van der Waals surface area contributed by atoms with Gasteiger partial charge in [0, 0.05) is 39.1 Å². The summed E-state index contributed by atoms with van der Waals surface area (Å²) in [5.41, 5.74) is 20.3. The van der Waals surface area contributed by atoms with Crippen molar-refractivity contribution in [2.24, 2.45) is 17.2 Å². The average Bonchev–Trinajstić information content (AvgIpc) is 3.38. The highest BCUT2D eigenvalue weighted by Crippen LogP contribution is 2.25. The van der Waals surface area contributed by atoms with Gasteiger partial charge in [-0.3, -0.25) is 14.4 Å².